The van der Waals surface area contributed by atoms with Gasteiger partial charge in [-0.1, -0.05) is 30.0 Å². The summed E-state index contributed by atoms with van der Waals surface area (Å²) in [7, 11) is 1.64. The topological polar surface area (TPSA) is 87.5 Å². The van der Waals surface area contributed by atoms with Crippen molar-refractivity contribution in [3.8, 4) is 17.2 Å². The number of anilines is 1. The Morgan fingerprint density at radius 3 is 2.78 bits per heavy atom. The number of rotatable bonds is 9. The first kappa shape index (κ1) is 21.8. The maximum absolute atomic E-state index is 12.8. The van der Waals surface area contributed by atoms with E-state index in [0.29, 0.717) is 35.3 Å². The van der Waals surface area contributed by atoms with Crippen LogP contribution in [0.25, 0.3) is 0 Å². The van der Waals surface area contributed by atoms with Crippen molar-refractivity contribution >= 4 is 23.4 Å². The Hall–Kier alpha value is -3.46. The number of hydrogen-bond acceptors (Lipinski definition) is 7. The molecule has 3 aromatic rings. The second-order valence-corrected chi connectivity index (χ2v) is 8.45. The molecule has 0 aliphatic carbocycles. The third-order valence-electron chi connectivity index (χ3n) is 4.92. The van der Waals surface area contributed by atoms with E-state index in [-0.39, 0.29) is 18.0 Å². The Morgan fingerprint density at radius 1 is 1.25 bits per heavy atom. The SMILES string of the molecule is C=CCn1c(Cc2ccc(OC)cc2)nnc1S[C@@H](C)C(=O)Nc1ccc2c(c1)OCO2. The minimum Gasteiger partial charge on any atom is -0.497 e. The Labute approximate surface area is 190 Å². The highest BCUT2D eigenvalue weighted by Gasteiger charge is 2.21. The van der Waals surface area contributed by atoms with Gasteiger partial charge in [-0.15, -0.1) is 16.8 Å². The number of fused-ring (bicyclic) bond motifs is 1. The molecule has 166 valence electrons. The summed E-state index contributed by atoms with van der Waals surface area (Å²) >= 11 is 1.35. The van der Waals surface area contributed by atoms with Gasteiger partial charge in [-0.25, -0.2) is 0 Å². The maximum Gasteiger partial charge on any atom is 0.237 e. The van der Waals surface area contributed by atoms with Gasteiger partial charge in [0.05, 0.1) is 12.4 Å². The van der Waals surface area contributed by atoms with Crippen LogP contribution >= 0.6 is 11.8 Å². The molecule has 0 unspecified atom stereocenters. The van der Waals surface area contributed by atoms with Gasteiger partial charge >= 0.3 is 0 Å². The number of carbonyl (C=O) groups excluding carboxylic acids is 1. The van der Waals surface area contributed by atoms with Gasteiger partial charge in [-0.3, -0.25) is 4.79 Å². The minimum absolute atomic E-state index is 0.140. The molecule has 2 aromatic carbocycles. The number of thioether (sulfide) groups is 1. The van der Waals surface area contributed by atoms with Crippen LogP contribution in [0.4, 0.5) is 5.69 Å². The summed E-state index contributed by atoms with van der Waals surface area (Å²) in [6.07, 6.45) is 2.41. The summed E-state index contributed by atoms with van der Waals surface area (Å²) < 4.78 is 17.9. The molecule has 1 aliphatic rings. The van der Waals surface area contributed by atoms with Crippen LogP contribution < -0.4 is 19.5 Å². The number of allylic oxidation sites excluding steroid dienone is 1. The summed E-state index contributed by atoms with van der Waals surface area (Å²) in [6.45, 7) is 6.42. The molecule has 0 spiro atoms. The third kappa shape index (κ3) is 4.88. The molecular formula is C23H24N4O4S. The smallest absolute Gasteiger partial charge is 0.237 e. The quantitative estimate of drug-likeness (QED) is 0.389. The number of nitrogens with zero attached hydrogens (tertiary/aromatic N) is 3. The van der Waals surface area contributed by atoms with Gasteiger partial charge in [0.15, 0.2) is 16.7 Å². The second-order valence-electron chi connectivity index (χ2n) is 7.14. The zero-order chi connectivity index (χ0) is 22.5. The molecule has 0 saturated carbocycles. The molecule has 0 fully saturated rings. The first-order valence-corrected chi connectivity index (χ1v) is 11.0. The van der Waals surface area contributed by atoms with Gasteiger partial charge in [-0.2, -0.15) is 0 Å². The summed E-state index contributed by atoms with van der Waals surface area (Å²) in [5.74, 6) is 2.77. The monoisotopic (exact) mass is 452 g/mol. The molecule has 1 amide bonds. The van der Waals surface area contributed by atoms with Crippen molar-refractivity contribution < 1.29 is 19.0 Å². The zero-order valence-corrected chi connectivity index (χ0v) is 18.7. The van der Waals surface area contributed by atoms with Gasteiger partial charge in [0.1, 0.15) is 11.6 Å². The van der Waals surface area contributed by atoms with Gasteiger partial charge in [0.2, 0.25) is 12.7 Å². The molecule has 1 aromatic heterocycles. The first-order chi connectivity index (χ1) is 15.6. The lowest BCUT2D eigenvalue weighted by Gasteiger charge is -2.13. The molecule has 8 nitrogen and oxygen atoms in total. The number of hydrogen-bond donors (Lipinski definition) is 1. The number of amides is 1. The Balaban J connectivity index is 1.44. The van der Waals surface area contributed by atoms with Crippen molar-refractivity contribution in [2.24, 2.45) is 0 Å². The molecule has 1 atom stereocenters. The van der Waals surface area contributed by atoms with E-state index in [4.69, 9.17) is 14.2 Å². The van der Waals surface area contributed by atoms with E-state index in [2.05, 4.69) is 22.1 Å². The van der Waals surface area contributed by atoms with Crippen LogP contribution in [0.1, 0.15) is 18.3 Å². The van der Waals surface area contributed by atoms with Crippen molar-refractivity contribution in [3.05, 3.63) is 66.5 Å². The molecule has 0 bridgehead atoms. The first-order valence-electron chi connectivity index (χ1n) is 10.1. The number of aromatic nitrogens is 3. The van der Waals surface area contributed by atoms with Crippen LogP contribution in [0.3, 0.4) is 0 Å². The van der Waals surface area contributed by atoms with E-state index in [1.807, 2.05) is 35.8 Å². The molecular weight excluding hydrogens is 428 g/mol. The van der Waals surface area contributed by atoms with E-state index in [9.17, 15) is 4.79 Å². The number of ether oxygens (including phenoxy) is 3. The van der Waals surface area contributed by atoms with Crippen molar-refractivity contribution in [1.82, 2.24) is 14.8 Å². The number of carbonyl (C=O) groups is 1. The van der Waals surface area contributed by atoms with Gasteiger partial charge in [0.25, 0.3) is 0 Å². The van der Waals surface area contributed by atoms with E-state index >= 15 is 0 Å². The lowest BCUT2D eigenvalue weighted by molar-refractivity contribution is -0.115. The lowest BCUT2D eigenvalue weighted by atomic mass is 10.1. The van der Waals surface area contributed by atoms with Crippen molar-refractivity contribution in [2.45, 2.75) is 30.3 Å². The normalized spacial score (nSPS) is 12.9. The van der Waals surface area contributed by atoms with Crippen LogP contribution in [0.15, 0.2) is 60.3 Å². The van der Waals surface area contributed by atoms with E-state index in [0.717, 1.165) is 17.1 Å². The van der Waals surface area contributed by atoms with E-state index in [1.165, 1.54) is 11.8 Å². The van der Waals surface area contributed by atoms with Crippen LogP contribution in [0, 0.1) is 0 Å². The highest BCUT2D eigenvalue weighted by Crippen LogP contribution is 2.34. The number of methoxy groups -OCH3 is 1. The summed E-state index contributed by atoms with van der Waals surface area (Å²) in [5, 5.41) is 11.9. The van der Waals surface area contributed by atoms with Gasteiger partial charge in [0, 0.05) is 24.7 Å². The second kappa shape index (κ2) is 9.78. The Bertz CT molecular complexity index is 1110. The fraction of sp³-hybridized carbons (Fsp3) is 0.261. The molecule has 0 saturated heterocycles. The molecule has 1 aliphatic heterocycles. The largest absolute Gasteiger partial charge is 0.497 e. The summed E-state index contributed by atoms with van der Waals surface area (Å²) in [6, 6.07) is 13.2. The average Bonchev–Trinajstić information content (AvgIpc) is 3.41. The molecule has 0 radical (unpaired) electrons. The molecule has 9 heteroatoms. The van der Waals surface area contributed by atoms with Gasteiger partial charge in [-0.05, 0) is 36.8 Å². The fourth-order valence-electron chi connectivity index (χ4n) is 3.21. The van der Waals surface area contributed by atoms with Gasteiger partial charge < -0.3 is 24.1 Å². The lowest BCUT2D eigenvalue weighted by Crippen LogP contribution is -2.23. The third-order valence-corrected chi connectivity index (χ3v) is 6.00. The molecule has 1 N–H and O–H groups in total. The van der Waals surface area contributed by atoms with Crippen molar-refractivity contribution in [2.75, 3.05) is 19.2 Å². The van der Waals surface area contributed by atoms with E-state index in [1.54, 1.807) is 31.4 Å². The molecule has 4 rings (SSSR count). The Morgan fingerprint density at radius 2 is 2.03 bits per heavy atom. The van der Waals surface area contributed by atoms with E-state index < -0.39 is 0 Å². The summed E-state index contributed by atoms with van der Waals surface area (Å²) in [4.78, 5) is 12.8. The van der Waals surface area contributed by atoms with Crippen molar-refractivity contribution in [3.63, 3.8) is 0 Å². The summed E-state index contributed by atoms with van der Waals surface area (Å²) in [5.41, 5.74) is 1.74. The van der Waals surface area contributed by atoms with Crippen LogP contribution in [-0.2, 0) is 17.8 Å². The zero-order valence-electron chi connectivity index (χ0n) is 17.9. The average molecular weight is 453 g/mol. The molecule has 32 heavy (non-hydrogen) atoms. The number of benzene rings is 2. The van der Waals surface area contributed by atoms with Crippen molar-refractivity contribution in [1.29, 1.82) is 0 Å². The number of nitrogens with one attached hydrogen (secondary N) is 1. The standard InChI is InChI=1S/C23H24N4O4S/c1-4-11-27-21(12-16-5-8-18(29-3)9-6-16)25-26-23(27)32-15(2)22(28)24-17-7-10-19-20(13-17)31-14-30-19/h4-10,13,15H,1,11-12,14H2,2-3H3,(H,24,28)/t15-/m0/s1. The fourth-order valence-corrected chi connectivity index (χ4v) is 4.08. The van der Waals surface area contributed by atoms with Crippen LogP contribution in [-0.4, -0.2) is 39.8 Å². The van der Waals surface area contributed by atoms with Crippen LogP contribution in [0.2, 0.25) is 0 Å². The predicted molar refractivity (Wildman–Crippen MR) is 123 cm³/mol. The maximum atomic E-state index is 12.8. The predicted octanol–water partition coefficient (Wildman–Crippen LogP) is 3.91. The Kier molecular flexibility index (Phi) is 6.65. The highest BCUT2D eigenvalue weighted by molar-refractivity contribution is 8.00. The highest BCUT2D eigenvalue weighted by atomic mass is 32.2. The van der Waals surface area contributed by atoms with Crippen LogP contribution in [0.5, 0.6) is 17.2 Å². The molecule has 2 heterocycles. The minimum atomic E-state index is -0.387.